The fourth-order valence-electron chi connectivity index (χ4n) is 1.73. The molecule has 0 aromatic carbocycles. The Balaban J connectivity index is 2.99. The number of hydrogen-bond acceptors (Lipinski definition) is 1. The minimum absolute atomic E-state index is 0.895. The molecule has 0 atom stereocenters. The van der Waals surface area contributed by atoms with E-state index in [1.165, 1.54) is 57.8 Å². The zero-order valence-electron chi connectivity index (χ0n) is 11.6. The van der Waals surface area contributed by atoms with Gasteiger partial charge in [-0.3, -0.25) is 0 Å². The van der Waals surface area contributed by atoms with Crippen molar-refractivity contribution in [2.75, 3.05) is 6.61 Å². The second kappa shape index (κ2) is 12.6. The molecular formula is C15H30O. The predicted molar refractivity (Wildman–Crippen MR) is 72.6 cm³/mol. The summed E-state index contributed by atoms with van der Waals surface area (Å²) in [4.78, 5) is 0. The largest absolute Gasteiger partial charge is 0.499 e. The first-order valence-corrected chi connectivity index (χ1v) is 7.07. The van der Waals surface area contributed by atoms with Gasteiger partial charge in [-0.25, -0.2) is 0 Å². The molecule has 0 fully saturated rings. The van der Waals surface area contributed by atoms with E-state index in [4.69, 9.17) is 4.74 Å². The van der Waals surface area contributed by atoms with Gasteiger partial charge in [0.2, 0.25) is 0 Å². The third kappa shape index (κ3) is 11.6. The highest BCUT2D eigenvalue weighted by molar-refractivity contribution is 4.83. The number of ether oxygens (including phenoxy) is 1. The summed E-state index contributed by atoms with van der Waals surface area (Å²) in [5.41, 5.74) is 0. The van der Waals surface area contributed by atoms with Crippen LogP contribution in [0.4, 0.5) is 0 Å². The van der Waals surface area contributed by atoms with Crippen LogP contribution < -0.4 is 0 Å². The zero-order chi connectivity index (χ0) is 12.1. The molecule has 0 aromatic heterocycles. The van der Waals surface area contributed by atoms with E-state index < -0.39 is 0 Å². The van der Waals surface area contributed by atoms with Crippen LogP contribution in [0.3, 0.4) is 0 Å². The molecule has 0 aliphatic carbocycles. The third-order valence-electron chi connectivity index (χ3n) is 2.98. The van der Waals surface area contributed by atoms with E-state index in [0.29, 0.717) is 0 Å². The van der Waals surface area contributed by atoms with E-state index in [0.717, 1.165) is 12.4 Å². The van der Waals surface area contributed by atoms with Gasteiger partial charge in [0.05, 0.1) is 12.4 Å². The van der Waals surface area contributed by atoms with Gasteiger partial charge in [-0.1, -0.05) is 64.4 Å². The van der Waals surface area contributed by atoms with E-state index in [1.807, 2.05) is 19.9 Å². The van der Waals surface area contributed by atoms with Crippen molar-refractivity contribution in [3.05, 3.63) is 11.8 Å². The maximum atomic E-state index is 5.51. The SMILES string of the molecule is CC=C(C)OCCCCCCCCCCC. The van der Waals surface area contributed by atoms with E-state index in [-0.39, 0.29) is 0 Å². The van der Waals surface area contributed by atoms with Crippen LogP contribution in [0.1, 0.15) is 78.6 Å². The molecule has 0 saturated carbocycles. The smallest absolute Gasteiger partial charge is 0.0886 e. The summed E-state index contributed by atoms with van der Waals surface area (Å²) < 4.78 is 5.51. The van der Waals surface area contributed by atoms with Crippen molar-refractivity contribution in [3.63, 3.8) is 0 Å². The number of allylic oxidation sites excluding steroid dienone is 2. The molecule has 0 aliphatic rings. The summed E-state index contributed by atoms with van der Waals surface area (Å²) in [6.07, 6.45) is 14.4. The van der Waals surface area contributed by atoms with Crippen LogP contribution in [-0.4, -0.2) is 6.61 Å². The standard InChI is InChI=1S/C15H30O/c1-4-6-7-8-9-10-11-12-13-14-16-15(3)5-2/h5H,4,6-14H2,1-3H3. The van der Waals surface area contributed by atoms with Crippen molar-refractivity contribution in [1.29, 1.82) is 0 Å². The van der Waals surface area contributed by atoms with Gasteiger partial charge in [-0.2, -0.15) is 0 Å². The topological polar surface area (TPSA) is 9.23 Å². The molecule has 0 rings (SSSR count). The summed E-state index contributed by atoms with van der Waals surface area (Å²) in [6.45, 7) is 7.21. The first-order valence-electron chi connectivity index (χ1n) is 7.07. The molecule has 0 spiro atoms. The van der Waals surface area contributed by atoms with Crippen LogP contribution in [-0.2, 0) is 4.74 Å². The van der Waals surface area contributed by atoms with Gasteiger partial charge in [0.15, 0.2) is 0 Å². The molecule has 96 valence electrons. The van der Waals surface area contributed by atoms with Crippen LogP contribution >= 0.6 is 0 Å². The molecule has 0 saturated heterocycles. The Labute approximate surface area is 102 Å². The first kappa shape index (κ1) is 15.5. The van der Waals surface area contributed by atoms with Gasteiger partial charge in [0, 0.05) is 0 Å². The maximum absolute atomic E-state index is 5.51. The second-order valence-electron chi connectivity index (χ2n) is 4.58. The molecule has 0 amide bonds. The van der Waals surface area contributed by atoms with E-state index in [9.17, 15) is 0 Å². The monoisotopic (exact) mass is 226 g/mol. The van der Waals surface area contributed by atoms with Crippen LogP contribution in [0.25, 0.3) is 0 Å². The van der Waals surface area contributed by atoms with Crippen LogP contribution in [0.15, 0.2) is 11.8 Å². The predicted octanol–water partition coefficient (Wildman–Crippen LogP) is 5.46. The minimum Gasteiger partial charge on any atom is -0.499 e. The Morgan fingerprint density at radius 1 is 0.875 bits per heavy atom. The lowest BCUT2D eigenvalue weighted by Crippen LogP contribution is -1.92. The number of unbranched alkanes of at least 4 members (excludes halogenated alkanes) is 8. The van der Waals surface area contributed by atoms with Gasteiger partial charge in [-0.05, 0) is 20.3 Å². The quantitative estimate of drug-likeness (QED) is 0.336. The van der Waals surface area contributed by atoms with Crippen molar-refractivity contribution in [2.45, 2.75) is 78.6 Å². The molecule has 0 radical (unpaired) electrons. The Bertz CT molecular complexity index is 161. The summed E-state index contributed by atoms with van der Waals surface area (Å²) in [5.74, 6) is 1.06. The summed E-state index contributed by atoms with van der Waals surface area (Å²) in [5, 5.41) is 0. The van der Waals surface area contributed by atoms with Crippen molar-refractivity contribution in [2.24, 2.45) is 0 Å². The van der Waals surface area contributed by atoms with Crippen molar-refractivity contribution < 1.29 is 4.74 Å². The summed E-state index contributed by atoms with van der Waals surface area (Å²) in [7, 11) is 0. The minimum atomic E-state index is 0.895. The van der Waals surface area contributed by atoms with Crippen LogP contribution in [0.2, 0.25) is 0 Å². The van der Waals surface area contributed by atoms with Crippen molar-refractivity contribution in [3.8, 4) is 0 Å². The highest BCUT2D eigenvalue weighted by Crippen LogP contribution is 2.09. The molecule has 0 heterocycles. The Kier molecular flexibility index (Phi) is 12.2. The summed E-state index contributed by atoms with van der Waals surface area (Å²) >= 11 is 0. The molecule has 0 N–H and O–H groups in total. The lowest BCUT2D eigenvalue weighted by molar-refractivity contribution is 0.206. The maximum Gasteiger partial charge on any atom is 0.0886 e. The Hall–Kier alpha value is -0.460. The third-order valence-corrected chi connectivity index (χ3v) is 2.98. The molecule has 1 nitrogen and oxygen atoms in total. The Morgan fingerprint density at radius 3 is 1.88 bits per heavy atom. The zero-order valence-corrected chi connectivity index (χ0v) is 11.6. The van der Waals surface area contributed by atoms with Crippen molar-refractivity contribution >= 4 is 0 Å². The highest BCUT2D eigenvalue weighted by Gasteiger charge is 1.93. The molecule has 16 heavy (non-hydrogen) atoms. The molecule has 0 aliphatic heterocycles. The number of rotatable bonds is 11. The second-order valence-corrected chi connectivity index (χ2v) is 4.58. The van der Waals surface area contributed by atoms with Crippen LogP contribution in [0, 0.1) is 0 Å². The van der Waals surface area contributed by atoms with Crippen molar-refractivity contribution in [1.82, 2.24) is 0 Å². The van der Waals surface area contributed by atoms with E-state index in [2.05, 4.69) is 6.92 Å². The average Bonchev–Trinajstić information content (AvgIpc) is 2.31. The fraction of sp³-hybridized carbons (Fsp3) is 0.867. The molecule has 0 bridgehead atoms. The normalized spacial score (nSPS) is 11.8. The van der Waals surface area contributed by atoms with Gasteiger partial charge in [-0.15, -0.1) is 0 Å². The molecule has 1 heteroatoms. The van der Waals surface area contributed by atoms with Gasteiger partial charge in [0.1, 0.15) is 0 Å². The fourth-order valence-corrected chi connectivity index (χ4v) is 1.73. The average molecular weight is 226 g/mol. The van der Waals surface area contributed by atoms with E-state index >= 15 is 0 Å². The molecule has 0 unspecified atom stereocenters. The van der Waals surface area contributed by atoms with Gasteiger partial charge < -0.3 is 4.74 Å². The number of hydrogen-bond donors (Lipinski definition) is 0. The lowest BCUT2D eigenvalue weighted by Gasteiger charge is -2.05. The van der Waals surface area contributed by atoms with E-state index in [1.54, 1.807) is 0 Å². The Morgan fingerprint density at radius 2 is 1.38 bits per heavy atom. The summed E-state index contributed by atoms with van der Waals surface area (Å²) in [6, 6.07) is 0. The van der Waals surface area contributed by atoms with Crippen LogP contribution in [0.5, 0.6) is 0 Å². The lowest BCUT2D eigenvalue weighted by atomic mass is 10.1. The highest BCUT2D eigenvalue weighted by atomic mass is 16.5. The first-order chi connectivity index (χ1) is 7.81. The molecule has 0 aromatic rings. The van der Waals surface area contributed by atoms with Gasteiger partial charge >= 0.3 is 0 Å². The van der Waals surface area contributed by atoms with Gasteiger partial charge in [0.25, 0.3) is 0 Å². The molecular weight excluding hydrogens is 196 g/mol.